The third kappa shape index (κ3) is 4.96. The van der Waals surface area contributed by atoms with Crippen molar-refractivity contribution in [2.24, 2.45) is 0 Å². The van der Waals surface area contributed by atoms with Crippen molar-refractivity contribution < 1.29 is 4.42 Å². The predicted molar refractivity (Wildman–Crippen MR) is 229 cm³/mol. The van der Waals surface area contributed by atoms with Gasteiger partial charge in [0.1, 0.15) is 11.2 Å². The van der Waals surface area contributed by atoms with E-state index in [1.807, 2.05) is 0 Å². The van der Waals surface area contributed by atoms with Crippen LogP contribution in [0.4, 0.5) is 17.1 Å². The molecule has 0 saturated carbocycles. The van der Waals surface area contributed by atoms with Crippen LogP contribution in [-0.2, 0) is 0 Å². The molecule has 0 radical (unpaired) electrons. The highest BCUT2D eigenvalue weighted by atomic mass is 16.3. The molecule has 11 rings (SSSR count). The van der Waals surface area contributed by atoms with Crippen LogP contribution in [0.3, 0.4) is 0 Å². The van der Waals surface area contributed by atoms with Gasteiger partial charge >= 0.3 is 0 Å². The minimum absolute atomic E-state index is 0.891. The van der Waals surface area contributed by atoms with Crippen LogP contribution in [0, 0.1) is 0 Å². The molecule has 1 heterocycles. The summed E-state index contributed by atoms with van der Waals surface area (Å²) in [5.41, 5.74) is 9.76. The molecule has 54 heavy (non-hydrogen) atoms. The molecule has 10 aromatic carbocycles. The number of hydrogen-bond donors (Lipinski definition) is 0. The van der Waals surface area contributed by atoms with Gasteiger partial charge in [0.05, 0.1) is 11.4 Å². The summed E-state index contributed by atoms with van der Waals surface area (Å²) in [6, 6.07) is 72.5. The molecule has 0 saturated heterocycles. The van der Waals surface area contributed by atoms with Gasteiger partial charge in [-0.05, 0) is 109 Å². The number of rotatable bonds is 5. The summed E-state index contributed by atoms with van der Waals surface area (Å²) in [5.74, 6) is 0. The number of benzene rings is 10. The van der Waals surface area contributed by atoms with Crippen molar-refractivity contribution >= 4 is 82.1 Å². The van der Waals surface area contributed by atoms with Crippen LogP contribution >= 0.6 is 0 Å². The van der Waals surface area contributed by atoms with Gasteiger partial charge in [0.25, 0.3) is 0 Å². The van der Waals surface area contributed by atoms with Gasteiger partial charge in [0.15, 0.2) is 0 Å². The summed E-state index contributed by atoms with van der Waals surface area (Å²) in [6.07, 6.45) is 0. The van der Waals surface area contributed by atoms with E-state index in [1.165, 1.54) is 54.2 Å². The fourth-order valence-corrected chi connectivity index (χ4v) is 8.36. The van der Waals surface area contributed by atoms with Crippen LogP contribution in [0.1, 0.15) is 0 Å². The van der Waals surface area contributed by atoms with E-state index in [0.29, 0.717) is 0 Å². The first kappa shape index (κ1) is 30.5. The Morgan fingerprint density at radius 1 is 0.296 bits per heavy atom. The van der Waals surface area contributed by atoms with E-state index in [-0.39, 0.29) is 0 Å². The van der Waals surface area contributed by atoms with Gasteiger partial charge in [-0.1, -0.05) is 146 Å². The number of nitrogens with zero attached hydrogens (tertiary/aromatic N) is 1. The summed E-state index contributed by atoms with van der Waals surface area (Å²) in [6.45, 7) is 0. The average molecular weight is 688 g/mol. The molecule has 0 aliphatic heterocycles. The molecule has 0 aliphatic rings. The Morgan fingerprint density at radius 3 is 1.78 bits per heavy atom. The van der Waals surface area contributed by atoms with Crippen LogP contribution in [0.15, 0.2) is 205 Å². The summed E-state index contributed by atoms with van der Waals surface area (Å²) < 4.78 is 6.43. The first-order valence-electron chi connectivity index (χ1n) is 18.5. The number of para-hydroxylation sites is 1. The molecule has 0 amide bonds. The van der Waals surface area contributed by atoms with Gasteiger partial charge in [-0.15, -0.1) is 0 Å². The molecule has 252 valence electrons. The Hall–Kier alpha value is -7.16. The smallest absolute Gasteiger partial charge is 0.136 e. The predicted octanol–water partition coefficient (Wildman–Crippen LogP) is 15.0. The third-order valence-corrected chi connectivity index (χ3v) is 11.0. The average Bonchev–Trinajstić information content (AvgIpc) is 3.59. The summed E-state index contributed by atoms with van der Waals surface area (Å²) in [4.78, 5) is 2.46. The van der Waals surface area contributed by atoms with Gasteiger partial charge < -0.3 is 9.32 Å². The van der Waals surface area contributed by atoms with Crippen LogP contribution in [0.5, 0.6) is 0 Å². The Morgan fingerprint density at radius 2 is 0.926 bits per heavy atom. The lowest BCUT2D eigenvalue weighted by atomic mass is 9.96. The van der Waals surface area contributed by atoms with Crippen molar-refractivity contribution in [3.63, 3.8) is 0 Å². The minimum atomic E-state index is 0.891. The Kier molecular flexibility index (Phi) is 6.90. The zero-order valence-electron chi connectivity index (χ0n) is 29.4. The topological polar surface area (TPSA) is 16.4 Å². The van der Waals surface area contributed by atoms with Crippen LogP contribution in [0.2, 0.25) is 0 Å². The molecular weight excluding hydrogens is 655 g/mol. The van der Waals surface area contributed by atoms with E-state index < -0.39 is 0 Å². The highest BCUT2D eigenvalue weighted by Gasteiger charge is 2.21. The van der Waals surface area contributed by atoms with Crippen molar-refractivity contribution in [3.8, 4) is 22.3 Å². The highest BCUT2D eigenvalue weighted by molar-refractivity contribution is 6.15. The molecule has 0 unspecified atom stereocenters. The molecular formula is C52H33NO. The Labute approximate surface area is 312 Å². The van der Waals surface area contributed by atoms with E-state index in [1.54, 1.807) is 0 Å². The minimum Gasteiger partial charge on any atom is -0.456 e. The molecule has 0 N–H and O–H groups in total. The van der Waals surface area contributed by atoms with Gasteiger partial charge in [0, 0.05) is 27.4 Å². The normalized spacial score (nSPS) is 11.7. The summed E-state index contributed by atoms with van der Waals surface area (Å²) in [5, 5.41) is 12.0. The summed E-state index contributed by atoms with van der Waals surface area (Å²) >= 11 is 0. The Bertz CT molecular complexity index is 3240. The van der Waals surface area contributed by atoms with E-state index >= 15 is 0 Å². The van der Waals surface area contributed by atoms with Gasteiger partial charge in [-0.3, -0.25) is 0 Å². The zero-order valence-corrected chi connectivity index (χ0v) is 29.4. The fourth-order valence-electron chi connectivity index (χ4n) is 8.36. The van der Waals surface area contributed by atoms with E-state index in [9.17, 15) is 0 Å². The van der Waals surface area contributed by atoms with E-state index in [4.69, 9.17) is 4.42 Å². The number of fused-ring (bicyclic) bond motifs is 8. The van der Waals surface area contributed by atoms with Gasteiger partial charge in [-0.2, -0.15) is 0 Å². The largest absolute Gasteiger partial charge is 0.456 e. The zero-order chi connectivity index (χ0) is 35.6. The monoisotopic (exact) mass is 687 g/mol. The standard InChI is InChI=1S/C52H33NO/c1-2-13-35-28-39(25-24-34(35)12-1)36-17-11-18-42(29-36)53(50-32-40-16-5-6-19-43(40)45-21-7-8-22-46(45)50)49-23-10-9-20-44(49)41-26-27-51-47(31-41)48-30-37-14-3-4-15-38(37)33-52(48)54-51/h1-33H. The number of furan rings is 1. The quantitative estimate of drug-likeness (QED) is 0.168. The van der Waals surface area contributed by atoms with Crippen molar-refractivity contribution in [3.05, 3.63) is 200 Å². The second-order valence-corrected chi connectivity index (χ2v) is 14.1. The number of hydrogen-bond acceptors (Lipinski definition) is 2. The van der Waals surface area contributed by atoms with Crippen molar-refractivity contribution in [1.82, 2.24) is 0 Å². The molecule has 0 bridgehead atoms. The molecule has 0 aliphatic carbocycles. The number of anilines is 3. The molecule has 0 fully saturated rings. The first-order chi connectivity index (χ1) is 26.7. The first-order valence-corrected chi connectivity index (χ1v) is 18.5. The van der Waals surface area contributed by atoms with Gasteiger partial charge in [0.2, 0.25) is 0 Å². The maximum absolute atomic E-state index is 6.43. The summed E-state index contributed by atoms with van der Waals surface area (Å²) in [7, 11) is 0. The van der Waals surface area contributed by atoms with Crippen molar-refractivity contribution in [2.45, 2.75) is 0 Å². The SMILES string of the molecule is c1cc(-c2ccc3ccccc3c2)cc(N(c2ccccc2-c2ccc3oc4cc5ccccc5cc4c3c2)c2cc3ccccc3c3ccccc23)c1. The highest BCUT2D eigenvalue weighted by Crippen LogP contribution is 2.47. The molecule has 0 spiro atoms. The van der Waals surface area contributed by atoms with Crippen LogP contribution < -0.4 is 4.90 Å². The van der Waals surface area contributed by atoms with E-state index in [2.05, 4.69) is 205 Å². The second kappa shape index (κ2) is 12.2. The third-order valence-electron chi connectivity index (χ3n) is 11.0. The van der Waals surface area contributed by atoms with Gasteiger partial charge in [-0.25, -0.2) is 0 Å². The lowest BCUT2D eigenvalue weighted by Crippen LogP contribution is -2.12. The maximum Gasteiger partial charge on any atom is 0.136 e. The molecule has 1 aromatic heterocycles. The Balaban J connectivity index is 1.16. The lowest BCUT2D eigenvalue weighted by molar-refractivity contribution is 0.669. The lowest BCUT2D eigenvalue weighted by Gasteiger charge is -2.30. The molecule has 2 heteroatoms. The molecule has 2 nitrogen and oxygen atoms in total. The van der Waals surface area contributed by atoms with Crippen molar-refractivity contribution in [2.75, 3.05) is 4.90 Å². The molecule has 11 aromatic rings. The van der Waals surface area contributed by atoms with Crippen LogP contribution in [-0.4, -0.2) is 0 Å². The second-order valence-electron chi connectivity index (χ2n) is 14.1. The van der Waals surface area contributed by atoms with E-state index in [0.717, 1.165) is 50.1 Å². The van der Waals surface area contributed by atoms with Crippen molar-refractivity contribution in [1.29, 1.82) is 0 Å². The maximum atomic E-state index is 6.43. The molecule has 0 atom stereocenters. The van der Waals surface area contributed by atoms with Crippen LogP contribution in [0.25, 0.3) is 87.3 Å². The fraction of sp³-hybridized carbons (Fsp3) is 0.